The second-order valence-electron chi connectivity index (χ2n) is 4.77. The molecular weight excluding hydrogens is 242 g/mol. The molecule has 1 saturated heterocycles. The second kappa shape index (κ2) is 5.93. The lowest BCUT2D eigenvalue weighted by Crippen LogP contribution is -2.36. The van der Waals surface area contributed by atoms with Crippen LogP contribution in [0.5, 0.6) is 5.75 Å². The number of ether oxygens (including phenoxy) is 1. The number of carbonyl (C=O) groups is 1. The molecule has 104 valence electrons. The van der Waals surface area contributed by atoms with Gasteiger partial charge in [0.1, 0.15) is 5.75 Å². The standard InChI is InChI=1S/C14H21N3O2/c1-15-13(10-17-8-7-16(2)14(17)18)11-5-4-6-12(9-11)19-3/h4-6,9,13,15H,7-8,10H2,1-3H3. The zero-order valence-corrected chi connectivity index (χ0v) is 11.7. The molecule has 1 aliphatic heterocycles. The van der Waals surface area contributed by atoms with Crippen molar-refractivity contribution in [2.24, 2.45) is 0 Å². The first-order valence-electron chi connectivity index (χ1n) is 6.47. The number of likely N-dealkylation sites (N-methyl/N-ethyl adjacent to an activating group) is 2. The average molecular weight is 263 g/mol. The summed E-state index contributed by atoms with van der Waals surface area (Å²) in [6.45, 7) is 2.26. The van der Waals surface area contributed by atoms with Gasteiger partial charge in [-0.3, -0.25) is 0 Å². The molecular formula is C14H21N3O2. The normalized spacial score (nSPS) is 16.9. The predicted molar refractivity (Wildman–Crippen MR) is 74.4 cm³/mol. The molecule has 1 unspecified atom stereocenters. The van der Waals surface area contributed by atoms with E-state index < -0.39 is 0 Å². The van der Waals surface area contributed by atoms with Gasteiger partial charge < -0.3 is 19.9 Å². The number of methoxy groups -OCH3 is 1. The maximum Gasteiger partial charge on any atom is 0.319 e. The molecule has 19 heavy (non-hydrogen) atoms. The third-order valence-electron chi connectivity index (χ3n) is 3.55. The Balaban J connectivity index is 2.09. The van der Waals surface area contributed by atoms with Crippen molar-refractivity contribution < 1.29 is 9.53 Å². The van der Waals surface area contributed by atoms with Gasteiger partial charge in [-0.15, -0.1) is 0 Å². The van der Waals surface area contributed by atoms with Crippen LogP contribution in [0.25, 0.3) is 0 Å². The highest BCUT2D eigenvalue weighted by molar-refractivity contribution is 5.76. The Morgan fingerprint density at radius 2 is 2.21 bits per heavy atom. The lowest BCUT2D eigenvalue weighted by atomic mass is 10.1. The number of benzene rings is 1. The predicted octanol–water partition coefficient (Wildman–Crippen LogP) is 1.32. The second-order valence-corrected chi connectivity index (χ2v) is 4.77. The van der Waals surface area contributed by atoms with Crippen LogP contribution in [-0.2, 0) is 0 Å². The molecule has 0 spiro atoms. The van der Waals surface area contributed by atoms with E-state index in [0.29, 0.717) is 6.54 Å². The molecule has 1 heterocycles. The lowest BCUT2D eigenvalue weighted by Gasteiger charge is -2.24. The fourth-order valence-electron chi connectivity index (χ4n) is 2.31. The molecule has 2 amide bonds. The fourth-order valence-corrected chi connectivity index (χ4v) is 2.31. The molecule has 0 aromatic heterocycles. The number of nitrogens with zero attached hydrogens (tertiary/aromatic N) is 2. The summed E-state index contributed by atoms with van der Waals surface area (Å²) in [6.07, 6.45) is 0. The summed E-state index contributed by atoms with van der Waals surface area (Å²) in [5, 5.41) is 3.26. The van der Waals surface area contributed by atoms with Crippen LogP contribution in [0.2, 0.25) is 0 Å². The number of rotatable bonds is 5. The van der Waals surface area contributed by atoms with Gasteiger partial charge in [0.05, 0.1) is 7.11 Å². The summed E-state index contributed by atoms with van der Waals surface area (Å²) in [4.78, 5) is 15.5. The Morgan fingerprint density at radius 3 is 2.79 bits per heavy atom. The van der Waals surface area contributed by atoms with E-state index in [4.69, 9.17) is 4.74 Å². The highest BCUT2D eigenvalue weighted by Crippen LogP contribution is 2.21. The quantitative estimate of drug-likeness (QED) is 0.871. The largest absolute Gasteiger partial charge is 0.497 e. The van der Waals surface area contributed by atoms with Crippen LogP contribution in [0.15, 0.2) is 24.3 Å². The van der Waals surface area contributed by atoms with Gasteiger partial charge in [-0.1, -0.05) is 12.1 Å². The summed E-state index contributed by atoms with van der Waals surface area (Å²) < 4.78 is 5.24. The molecule has 1 aromatic rings. The van der Waals surface area contributed by atoms with Gasteiger partial charge in [-0.05, 0) is 24.7 Å². The van der Waals surface area contributed by atoms with Gasteiger partial charge in [0.15, 0.2) is 0 Å². The highest BCUT2D eigenvalue weighted by Gasteiger charge is 2.27. The SMILES string of the molecule is CNC(CN1CCN(C)C1=O)c1cccc(OC)c1. The van der Waals surface area contributed by atoms with Gasteiger partial charge in [-0.2, -0.15) is 0 Å². The van der Waals surface area contributed by atoms with Gasteiger partial charge in [0.25, 0.3) is 0 Å². The van der Waals surface area contributed by atoms with Crippen LogP contribution in [-0.4, -0.2) is 56.7 Å². The maximum atomic E-state index is 11.9. The van der Waals surface area contributed by atoms with Crippen molar-refractivity contribution in [1.82, 2.24) is 15.1 Å². The number of carbonyl (C=O) groups excluding carboxylic acids is 1. The minimum Gasteiger partial charge on any atom is -0.497 e. The minimum atomic E-state index is 0.100. The van der Waals surface area contributed by atoms with E-state index in [9.17, 15) is 4.79 Å². The number of hydrogen-bond acceptors (Lipinski definition) is 3. The number of hydrogen-bond donors (Lipinski definition) is 1. The van der Waals surface area contributed by atoms with Crippen molar-refractivity contribution in [3.63, 3.8) is 0 Å². The molecule has 1 atom stereocenters. The van der Waals surface area contributed by atoms with Gasteiger partial charge in [0, 0.05) is 32.7 Å². The number of nitrogens with one attached hydrogen (secondary N) is 1. The van der Waals surface area contributed by atoms with Crippen molar-refractivity contribution in [2.75, 3.05) is 40.8 Å². The molecule has 0 radical (unpaired) electrons. The van der Waals surface area contributed by atoms with E-state index in [1.165, 1.54) is 0 Å². The van der Waals surface area contributed by atoms with Crippen LogP contribution >= 0.6 is 0 Å². The molecule has 1 aromatic carbocycles. The van der Waals surface area contributed by atoms with Crippen LogP contribution in [0.3, 0.4) is 0 Å². The van der Waals surface area contributed by atoms with E-state index in [-0.39, 0.29) is 12.1 Å². The number of urea groups is 1. The van der Waals surface area contributed by atoms with Gasteiger partial charge >= 0.3 is 6.03 Å². The molecule has 1 aliphatic rings. The van der Waals surface area contributed by atoms with Crippen LogP contribution in [0.4, 0.5) is 4.79 Å². The fraction of sp³-hybridized carbons (Fsp3) is 0.500. The molecule has 5 heteroatoms. The van der Waals surface area contributed by atoms with E-state index in [1.54, 1.807) is 12.0 Å². The Bertz CT molecular complexity index is 450. The third-order valence-corrected chi connectivity index (χ3v) is 3.55. The monoisotopic (exact) mass is 263 g/mol. The van der Waals surface area contributed by atoms with Crippen LogP contribution in [0, 0.1) is 0 Å². The van der Waals surface area contributed by atoms with Crippen molar-refractivity contribution in [1.29, 1.82) is 0 Å². The topological polar surface area (TPSA) is 44.8 Å². The molecule has 1 fully saturated rings. The van der Waals surface area contributed by atoms with Crippen LogP contribution < -0.4 is 10.1 Å². The molecule has 0 bridgehead atoms. The van der Waals surface area contributed by atoms with Gasteiger partial charge in [0.2, 0.25) is 0 Å². The minimum absolute atomic E-state index is 0.100. The van der Waals surface area contributed by atoms with E-state index >= 15 is 0 Å². The lowest BCUT2D eigenvalue weighted by molar-refractivity contribution is 0.194. The summed E-state index contributed by atoms with van der Waals surface area (Å²) in [5.41, 5.74) is 1.13. The highest BCUT2D eigenvalue weighted by atomic mass is 16.5. The van der Waals surface area contributed by atoms with Crippen molar-refractivity contribution in [3.05, 3.63) is 29.8 Å². The average Bonchev–Trinajstić information content (AvgIpc) is 2.76. The van der Waals surface area contributed by atoms with Crippen molar-refractivity contribution in [3.8, 4) is 5.75 Å². The molecule has 1 N–H and O–H groups in total. The van der Waals surface area contributed by atoms with Gasteiger partial charge in [-0.25, -0.2) is 4.79 Å². The van der Waals surface area contributed by atoms with E-state index in [0.717, 1.165) is 24.4 Å². The summed E-state index contributed by atoms with van der Waals surface area (Å²) in [5.74, 6) is 0.836. The third kappa shape index (κ3) is 2.98. The summed E-state index contributed by atoms with van der Waals surface area (Å²) in [7, 11) is 5.41. The Labute approximate surface area is 114 Å². The first-order valence-corrected chi connectivity index (χ1v) is 6.47. The summed E-state index contributed by atoms with van der Waals surface area (Å²) in [6, 6.07) is 8.16. The smallest absolute Gasteiger partial charge is 0.319 e. The molecule has 0 saturated carbocycles. The molecule has 5 nitrogen and oxygen atoms in total. The first kappa shape index (κ1) is 13.7. The zero-order valence-electron chi connectivity index (χ0n) is 11.7. The van der Waals surface area contributed by atoms with Crippen molar-refractivity contribution >= 4 is 6.03 Å². The van der Waals surface area contributed by atoms with E-state index in [1.807, 2.05) is 43.3 Å². The summed E-state index contributed by atoms with van der Waals surface area (Å²) >= 11 is 0. The van der Waals surface area contributed by atoms with Crippen molar-refractivity contribution in [2.45, 2.75) is 6.04 Å². The number of amides is 2. The van der Waals surface area contributed by atoms with Crippen LogP contribution in [0.1, 0.15) is 11.6 Å². The zero-order chi connectivity index (χ0) is 13.8. The molecule has 0 aliphatic carbocycles. The van der Waals surface area contributed by atoms with E-state index in [2.05, 4.69) is 5.32 Å². The first-order chi connectivity index (χ1) is 9.15. The Morgan fingerprint density at radius 1 is 1.42 bits per heavy atom. The maximum absolute atomic E-state index is 11.9. The molecule has 2 rings (SSSR count). The Hall–Kier alpha value is -1.75. The Kier molecular flexibility index (Phi) is 4.27.